The number of hydrogen-bond donors (Lipinski definition) is 1. The van der Waals surface area contributed by atoms with Gasteiger partial charge in [0.05, 0.1) is 10.2 Å². The zero-order valence-corrected chi connectivity index (χ0v) is 13.1. The first-order valence-corrected chi connectivity index (χ1v) is 7.63. The molecule has 20 heavy (non-hydrogen) atoms. The molecule has 1 aliphatic carbocycles. The summed E-state index contributed by atoms with van der Waals surface area (Å²) in [6, 6.07) is 7.98. The fourth-order valence-electron chi connectivity index (χ4n) is 1.78. The van der Waals surface area contributed by atoms with Gasteiger partial charge in [-0.25, -0.2) is 0 Å². The summed E-state index contributed by atoms with van der Waals surface area (Å²) in [6.07, 6.45) is 2.52. The van der Waals surface area contributed by atoms with Gasteiger partial charge in [-0.3, -0.25) is 0 Å². The van der Waals surface area contributed by atoms with Crippen LogP contribution < -0.4 is 10.1 Å². The predicted octanol–water partition coefficient (Wildman–Crippen LogP) is 3.92. The molecule has 0 radical (unpaired) electrons. The molecule has 1 N–H and O–H groups in total. The van der Waals surface area contributed by atoms with E-state index >= 15 is 0 Å². The van der Waals surface area contributed by atoms with Crippen molar-refractivity contribution in [1.82, 2.24) is 10.5 Å². The Bertz CT molecular complexity index is 599. The molecule has 1 aliphatic rings. The van der Waals surface area contributed by atoms with Gasteiger partial charge in [0.2, 0.25) is 0 Å². The second-order valence-corrected chi connectivity index (χ2v) is 6.09. The highest BCUT2D eigenvalue weighted by Crippen LogP contribution is 2.28. The molecule has 106 valence electrons. The standard InChI is InChI=1S/C14H14BrClN2O2/c15-13-5-9(16)1-4-14(13)19-8-12-6-11(18-20-12)7-17-10-2-3-10/h1,4-6,10,17H,2-3,7-8H2. The van der Waals surface area contributed by atoms with Crippen molar-refractivity contribution in [3.8, 4) is 5.75 Å². The molecule has 3 rings (SSSR count). The SMILES string of the molecule is Clc1ccc(OCc2cc(CNC3CC3)no2)c(Br)c1. The number of rotatable bonds is 6. The van der Waals surface area contributed by atoms with Crippen LogP contribution in [-0.2, 0) is 13.2 Å². The first-order valence-electron chi connectivity index (χ1n) is 6.46. The van der Waals surface area contributed by atoms with Crippen molar-refractivity contribution in [2.75, 3.05) is 0 Å². The molecule has 1 fully saturated rings. The average Bonchev–Trinajstić information content (AvgIpc) is 3.14. The van der Waals surface area contributed by atoms with Crippen LogP contribution >= 0.6 is 27.5 Å². The van der Waals surface area contributed by atoms with Crippen LogP contribution in [0.5, 0.6) is 5.75 Å². The van der Waals surface area contributed by atoms with Gasteiger partial charge >= 0.3 is 0 Å². The third-order valence-electron chi connectivity index (χ3n) is 3.02. The molecule has 0 aliphatic heterocycles. The number of hydrogen-bond acceptors (Lipinski definition) is 4. The van der Waals surface area contributed by atoms with Gasteiger partial charge in [-0.1, -0.05) is 16.8 Å². The molecule has 0 atom stereocenters. The van der Waals surface area contributed by atoms with Crippen LogP contribution in [0.1, 0.15) is 24.3 Å². The van der Waals surface area contributed by atoms with E-state index in [2.05, 4.69) is 26.4 Å². The molecule has 1 heterocycles. The largest absolute Gasteiger partial charge is 0.484 e. The highest BCUT2D eigenvalue weighted by molar-refractivity contribution is 9.10. The van der Waals surface area contributed by atoms with Crippen LogP contribution in [0.15, 0.2) is 33.3 Å². The number of nitrogens with zero attached hydrogens (tertiary/aromatic N) is 1. The lowest BCUT2D eigenvalue weighted by atomic mass is 10.3. The quantitative estimate of drug-likeness (QED) is 0.851. The van der Waals surface area contributed by atoms with Gasteiger partial charge < -0.3 is 14.6 Å². The Hall–Kier alpha value is -1.04. The van der Waals surface area contributed by atoms with Crippen molar-refractivity contribution >= 4 is 27.5 Å². The van der Waals surface area contributed by atoms with Crippen molar-refractivity contribution in [3.63, 3.8) is 0 Å². The minimum atomic E-state index is 0.344. The van der Waals surface area contributed by atoms with Crippen LogP contribution in [0.4, 0.5) is 0 Å². The molecule has 1 saturated carbocycles. The summed E-state index contributed by atoms with van der Waals surface area (Å²) in [5, 5.41) is 8.07. The summed E-state index contributed by atoms with van der Waals surface area (Å²) in [5.41, 5.74) is 0.908. The molecule has 6 heteroatoms. The normalized spacial score (nSPS) is 14.5. The van der Waals surface area contributed by atoms with Crippen LogP contribution in [0, 0.1) is 0 Å². The molecular weight excluding hydrogens is 344 g/mol. The first kappa shape index (κ1) is 13.9. The fourth-order valence-corrected chi connectivity index (χ4v) is 2.58. The van der Waals surface area contributed by atoms with Crippen molar-refractivity contribution in [1.29, 1.82) is 0 Å². The summed E-state index contributed by atoms with van der Waals surface area (Å²) < 4.78 is 11.7. The maximum Gasteiger partial charge on any atom is 0.174 e. The Morgan fingerprint density at radius 2 is 2.25 bits per heavy atom. The molecular formula is C14H14BrClN2O2. The summed E-state index contributed by atoms with van der Waals surface area (Å²) in [4.78, 5) is 0. The number of halogens is 2. The van der Waals surface area contributed by atoms with E-state index in [9.17, 15) is 0 Å². The van der Waals surface area contributed by atoms with Crippen LogP contribution in [0.2, 0.25) is 5.02 Å². The minimum Gasteiger partial charge on any atom is -0.484 e. The topological polar surface area (TPSA) is 47.3 Å². The van der Waals surface area contributed by atoms with Gasteiger partial charge in [0.1, 0.15) is 12.4 Å². The highest BCUT2D eigenvalue weighted by atomic mass is 79.9. The second-order valence-electron chi connectivity index (χ2n) is 4.80. The van der Waals surface area contributed by atoms with E-state index in [1.807, 2.05) is 12.1 Å². The third-order valence-corrected chi connectivity index (χ3v) is 3.88. The molecule has 1 aromatic heterocycles. The zero-order chi connectivity index (χ0) is 13.9. The Morgan fingerprint density at radius 1 is 1.40 bits per heavy atom. The minimum absolute atomic E-state index is 0.344. The molecule has 1 aromatic carbocycles. The van der Waals surface area contributed by atoms with E-state index in [4.69, 9.17) is 20.9 Å². The van der Waals surface area contributed by atoms with Crippen LogP contribution in [0.25, 0.3) is 0 Å². The number of nitrogens with one attached hydrogen (secondary N) is 1. The van der Waals surface area contributed by atoms with Crippen molar-refractivity contribution in [2.24, 2.45) is 0 Å². The van der Waals surface area contributed by atoms with Gasteiger partial charge in [0, 0.05) is 23.7 Å². The van der Waals surface area contributed by atoms with Gasteiger partial charge in [-0.2, -0.15) is 0 Å². The molecule has 0 saturated heterocycles. The zero-order valence-electron chi connectivity index (χ0n) is 10.7. The smallest absolute Gasteiger partial charge is 0.174 e. The maximum atomic E-state index is 5.88. The van der Waals surface area contributed by atoms with Gasteiger partial charge in [0.15, 0.2) is 5.76 Å². The maximum absolute atomic E-state index is 5.88. The number of aromatic nitrogens is 1. The third kappa shape index (κ3) is 3.75. The van der Waals surface area contributed by atoms with E-state index in [1.54, 1.807) is 12.1 Å². The monoisotopic (exact) mass is 356 g/mol. The van der Waals surface area contributed by atoms with E-state index in [0.717, 1.165) is 22.5 Å². The van der Waals surface area contributed by atoms with E-state index in [1.165, 1.54) is 12.8 Å². The van der Waals surface area contributed by atoms with E-state index < -0.39 is 0 Å². The second kappa shape index (κ2) is 6.16. The van der Waals surface area contributed by atoms with Crippen molar-refractivity contribution in [3.05, 3.63) is 45.2 Å². The Kier molecular flexibility index (Phi) is 4.29. The number of benzene rings is 1. The first-order chi connectivity index (χ1) is 9.70. The molecule has 2 aromatic rings. The molecule has 4 nitrogen and oxygen atoms in total. The lowest BCUT2D eigenvalue weighted by Crippen LogP contribution is -2.15. The Balaban J connectivity index is 1.54. The molecule has 0 amide bonds. The summed E-state index contributed by atoms with van der Waals surface area (Å²) in [5.74, 6) is 1.43. The fraction of sp³-hybridized carbons (Fsp3) is 0.357. The highest BCUT2D eigenvalue weighted by Gasteiger charge is 2.20. The van der Waals surface area contributed by atoms with Gasteiger partial charge in [0.25, 0.3) is 0 Å². The Morgan fingerprint density at radius 3 is 3.00 bits per heavy atom. The lowest BCUT2D eigenvalue weighted by Gasteiger charge is -2.05. The van der Waals surface area contributed by atoms with E-state index in [-0.39, 0.29) is 0 Å². The predicted molar refractivity (Wildman–Crippen MR) is 79.8 cm³/mol. The number of ether oxygens (including phenoxy) is 1. The summed E-state index contributed by atoms with van der Waals surface area (Å²) in [7, 11) is 0. The summed E-state index contributed by atoms with van der Waals surface area (Å²) >= 11 is 9.29. The molecule has 0 spiro atoms. The molecule has 0 bridgehead atoms. The van der Waals surface area contributed by atoms with Gasteiger partial charge in [-0.05, 0) is 47.0 Å². The summed E-state index contributed by atoms with van der Waals surface area (Å²) in [6.45, 7) is 1.09. The molecule has 0 unspecified atom stereocenters. The lowest BCUT2D eigenvalue weighted by molar-refractivity contribution is 0.247. The van der Waals surface area contributed by atoms with Gasteiger partial charge in [-0.15, -0.1) is 0 Å². The van der Waals surface area contributed by atoms with E-state index in [0.29, 0.717) is 23.4 Å². The van der Waals surface area contributed by atoms with Crippen molar-refractivity contribution in [2.45, 2.75) is 32.0 Å². The average molecular weight is 358 g/mol. The van der Waals surface area contributed by atoms with Crippen LogP contribution in [0.3, 0.4) is 0 Å². The van der Waals surface area contributed by atoms with Crippen molar-refractivity contribution < 1.29 is 9.26 Å². The van der Waals surface area contributed by atoms with Crippen LogP contribution in [-0.4, -0.2) is 11.2 Å². The Labute approximate surface area is 130 Å².